The molecule has 0 radical (unpaired) electrons. The van der Waals surface area contributed by atoms with E-state index in [1.165, 1.54) is 18.2 Å². The van der Waals surface area contributed by atoms with Crippen LogP contribution in [0.4, 0.5) is 0 Å². The zero-order chi connectivity index (χ0) is 13.9. The largest absolute Gasteiger partial charge is 0.487 e. The van der Waals surface area contributed by atoms with Crippen LogP contribution in [0.2, 0.25) is 0 Å². The number of alkyl halides is 1. The van der Waals surface area contributed by atoms with E-state index in [0.717, 1.165) is 10.9 Å². The third kappa shape index (κ3) is 1.44. The van der Waals surface area contributed by atoms with Gasteiger partial charge >= 0.3 is 11.3 Å². The Kier molecular flexibility index (Phi) is 2.23. The van der Waals surface area contributed by atoms with Crippen molar-refractivity contribution in [3.05, 3.63) is 50.2 Å². The van der Waals surface area contributed by atoms with Crippen molar-refractivity contribution in [2.75, 3.05) is 0 Å². The topological polar surface area (TPSA) is 69.7 Å². The minimum Gasteiger partial charge on any atom is -0.487 e. The summed E-state index contributed by atoms with van der Waals surface area (Å²) < 4.78 is 16.0. The fourth-order valence-electron chi connectivity index (χ4n) is 2.60. The minimum atomic E-state index is -0.504. The number of hydrogen-bond donors (Lipinski definition) is 0. The van der Waals surface area contributed by atoms with E-state index in [0.29, 0.717) is 27.9 Å². The summed E-state index contributed by atoms with van der Waals surface area (Å²) in [4.78, 5) is 23.0. The van der Waals surface area contributed by atoms with Gasteiger partial charge in [0.05, 0.1) is 10.8 Å². The number of halogens is 1. The zero-order valence-electron chi connectivity index (χ0n) is 10.1. The van der Waals surface area contributed by atoms with Crippen LogP contribution < -0.4 is 16.0 Å². The third-order valence-corrected chi connectivity index (χ3v) is 3.66. The molecule has 1 aliphatic heterocycles. The molecule has 0 aliphatic carbocycles. The van der Waals surface area contributed by atoms with Gasteiger partial charge in [0.25, 0.3) is 0 Å². The summed E-state index contributed by atoms with van der Waals surface area (Å²) in [5.74, 6) is 0.714. The highest BCUT2D eigenvalue weighted by molar-refractivity contribution is 6.18. The SMILES string of the molecule is O=c1cc(CCl)c2c3c4c(cc(=O)oc4cc2o1)CO3. The Labute approximate surface area is 116 Å². The van der Waals surface area contributed by atoms with Gasteiger partial charge in [0.2, 0.25) is 0 Å². The fourth-order valence-corrected chi connectivity index (χ4v) is 2.81. The summed E-state index contributed by atoms with van der Waals surface area (Å²) in [5.41, 5.74) is 1.09. The van der Waals surface area contributed by atoms with Gasteiger partial charge in [0.1, 0.15) is 23.5 Å². The lowest BCUT2D eigenvalue weighted by Crippen LogP contribution is -2.01. The van der Waals surface area contributed by atoms with Crippen LogP contribution in [-0.2, 0) is 12.5 Å². The Hall–Kier alpha value is -2.27. The van der Waals surface area contributed by atoms with E-state index < -0.39 is 11.3 Å². The van der Waals surface area contributed by atoms with Gasteiger partial charge in [-0.05, 0) is 5.56 Å². The molecule has 100 valence electrons. The summed E-state index contributed by atoms with van der Waals surface area (Å²) in [5, 5.41) is 1.39. The quantitative estimate of drug-likeness (QED) is 0.391. The van der Waals surface area contributed by atoms with Crippen molar-refractivity contribution in [1.29, 1.82) is 0 Å². The summed E-state index contributed by atoms with van der Waals surface area (Å²) in [6.07, 6.45) is 0. The summed E-state index contributed by atoms with van der Waals surface area (Å²) in [6, 6.07) is 4.29. The number of benzene rings is 1. The maximum Gasteiger partial charge on any atom is 0.336 e. The molecular formula is C14H7ClO5. The molecule has 0 fully saturated rings. The third-order valence-electron chi connectivity index (χ3n) is 3.37. The fraction of sp³-hybridized carbons (Fsp3) is 0.143. The average Bonchev–Trinajstić information content (AvgIpc) is 2.82. The first-order chi connectivity index (χ1) is 9.67. The van der Waals surface area contributed by atoms with E-state index in [9.17, 15) is 9.59 Å². The van der Waals surface area contributed by atoms with Gasteiger partial charge in [-0.25, -0.2) is 9.59 Å². The molecule has 2 aromatic heterocycles. The average molecular weight is 291 g/mol. The standard InChI is InChI=1S/C14H7ClO5/c15-4-6-1-10(16)19-8-3-9-13-7(2-11(17)20-9)5-18-14(13)12(6)8/h1-3H,4-5H2. The van der Waals surface area contributed by atoms with E-state index in [4.69, 9.17) is 25.2 Å². The number of fused-ring (bicyclic) bond motifs is 2. The molecule has 0 saturated carbocycles. The van der Waals surface area contributed by atoms with Crippen molar-refractivity contribution in [3.63, 3.8) is 0 Å². The van der Waals surface area contributed by atoms with Crippen molar-refractivity contribution >= 4 is 33.5 Å². The molecule has 3 aromatic rings. The highest BCUT2D eigenvalue weighted by Crippen LogP contribution is 2.42. The molecule has 1 aliphatic rings. The van der Waals surface area contributed by atoms with Crippen LogP contribution in [0.15, 0.2) is 36.6 Å². The second kappa shape index (κ2) is 3.86. The Balaban J connectivity index is 2.31. The molecule has 0 N–H and O–H groups in total. The van der Waals surface area contributed by atoms with Crippen LogP contribution in [0.1, 0.15) is 11.1 Å². The first-order valence-corrected chi connectivity index (χ1v) is 6.46. The monoisotopic (exact) mass is 290 g/mol. The molecule has 0 bridgehead atoms. The minimum absolute atomic E-state index is 0.163. The molecule has 0 amide bonds. The Morgan fingerprint density at radius 2 is 1.70 bits per heavy atom. The Morgan fingerprint density at radius 1 is 1.00 bits per heavy atom. The van der Waals surface area contributed by atoms with Gasteiger partial charge in [-0.3, -0.25) is 0 Å². The van der Waals surface area contributed by atoms with Gasteiger partial charge in [0.15, 0.2) is 0 Å². The normalized spacial score (nSPS) is 13.1. The Morgan fingerprint density at radius 3 is 2.45 bits per heavy atom. The van der Waals surface area contributed by atoms with Gasteiger partial charge < -0.3 is 13.6 Å². The van der Waals surface area contributed by atoms with Gasteiger partial charge in [-0.15, -0.1) is 11.6 Å². The van der Waals surface area contributed by atoms with Crippen molar-refractivity contribution in [3.8, 4) is 5.75 Å². The summed E-state index contributed by atoms with van der Waals surface area (Å²) in [6.45, 7) is 0.289. The van der Waals surface area contributed by atoms with Gasteiger partial charge in [0, 0.05) is 29.6 Å². The first-order valence-electron chi connectivity index (χ1n) is 5.92. The van der Waals surface area contributed by atoms with E-state index in [1.807, 2.05) is 0 Å². The molecule has 0 unspecified atom stereocenters. The lowest BCUT2D eigenvalue weighted by atomic mass is 10.1. The predicted octanol–water partition coefficient (Wildman–Crippen LogP) is 2.53. The molecule has 6 heteroatoms. The maximum absolute atomic E-state index is 11.5. The lowest BCUT2D eigenvalue weighted by Gasteiger charge is -2.07. The van der Waals surface area contributed by atoms with Crippen molar-refractivity contribution in [2.24, 2.45) is 0 Å². The predicted molar refractivity (Wildman–Crippen MR) is 72.4 cm³/mol. The van der Waals surface area contributed by atoms with Crippen LogP contribution in [0.5, 0.6) is 5.75 Å². The van der Waals surface area contributed by atoms with Crippen molar-refractivity contribution in [1.82, 2.24) is 0 Å². The van der Waals surface area contributed by atoms with Gasteiger partial charge in [-0.2, -0.15) is 0 Å². The molecule has 0 atom stereocenters. The smallest absolute Gasteiger partial charge is 0.336 e. The molecule has 0 spiro atoms. The molecule has 4 rings (SSSR count). The first kappa shape index (κ1) is 11.5. The van der Waals surface area contributed by atoms with Crippen LogP contribution in [0.3, 0.4) is 0 Å². The van der Waals surface area contributed by atoms with Crippen molar-refractivity contribution < 1.29 is 13.6 Å². The molecule has 20 heavy (non-hydrogen) atoms. The molecule has 5 nitrogen and oxygen atoms in total. The van der Waals surface area contributed by atoms with Crippen LogP contribution in [0.25, 0.3) is 21.9 Å². The highest BCUT2D eigenvalue weighted by Gasteiger charge is 2.24. The number of ether oxygens (including phenoxy) is 1. The summed E-state index contributed by atoms with van der Waals surface area (Å²) >= 11 is 5.89. The molecule has 1 aromatic carbocycles. The second-order valence-electron chi connectivity index (χ2n) is 4.56. The molecule has 0 saturated heterocycles. The Bertz CT molecular complexity index is 983. The summed E-state index contributed by atoms with van der Waals surface area (Å²) in [7, 11) is 0. The highest BCUT2D eigenvalue weighted by atomic mass is 35.5. The number of rotatable bonds is 1. The van der Waals surface area contributed by atoms with Crippen LogP contribution in [-0.4, -0.2) is 0 Å². The van der Waals surface area contributed by atoms with Crippen LogP contribution >= 0.6 is 11.6 Å². The van der Waals surface area contributed by atoms with E-state index in [-0.39, 0.29) is 12.5 Å². The lowest BCUT2D eigenvalue weighted by molar-refractivity contribution is 0.330. The maximum atomic E-state index is 11.5. The van der Waals surface area contributed by atoms with E-state index >= 15 is 0 Å². The van der Waals surface area contributed by atoms with Crippen LogP contribution in [0, 0.1) is 0 Å². The number of hydrogen-bond acceptors (Lipinski definition) is 5. The molecular weight excluding hydrogens is 284 g/mol. The van der Waals surface area contributed by atoms with Gasteiger partial charge in [-0.1, -0.05) is 0 Å². The molecule has 3 heterocycles. The second-order valence-corrected chi connectivity index (χ2v) is 4.82. The zero-order valence-corrected chi connectivity index (χ0v) is 10.8. The van der Waals surface area contributed by atoms with E-state index in [1.54, 1.807) is 0 Å². The van der Waals surface area contributed by atoms with E-state index in [2.05, 4.69) is 0 Å². The van der Waals surface area contributed by atoms with Crippen molar-refractivity contribution in [2.45, 2.75) is 12.5 Å².